The van der Waals surface area contributed by atoms with Crippen molar-refractivity contribution in [2.75, 3.05) is 7.05 Å². The number of hydrogen-bond acceptors (Lipinski definition) is 2. The van der Waals surface area contributed by atoms with Crippen molar-refractivity contribution in [1.29, 1.82) is 0 Å². The summed E-state index contributed by atoms with van der Waals surface area (Å²) in [6.45, 7) is 2.82. The van der Waals surface area contributed by atoms with Crippen molar-refractivity contribution < 1.29 is 0 Å². The predicted octanol–water partition coefficient (Wildman–Crippen LogP) is 4.28. The Hall–Kier alpha value is -0.550. The Morgan fingerprint density at radius 3 is 2.53 bits per heavy atom. The first-order valence-electron chi connectivity index (χ1n) is 5.92. The van der Waals surface area contributed by atoms with E-state index in [0.29, 0.717) is 10.0 Å². The topological polar surface area (TPSA) is 29.9 Å². The maximum Gasteiger partial charge on any atom is 0.0786 e. The lowest BCUT2D eigenvalue weighted by molar-refractivity contribution is 0.562. The molecule has 0 saturated heterocycles. The molecule has 6 heteroatoms. The van der Waals surface area contributed by atoms with Crippen LogP contribution in [0.15, 0.2) is 28.9 Å². The summed E-state index contributed by atoms with van der Waals surface area (Å²) < 4.78 is 2.86. The molecule has 0 amide bonds. The molecule has 0 bridgehead atoms. The largest absolute Gasteiger partial charge is 0.308 e. The molecular formula is C13H14BrCl2N3. The van der Waals surface area contributed by atoms with Gasteiger partial charge in [-0.3, -0.25) is 4.68 Å². The zero-order valence-electron chi connectivity index (χ0n) is 10.6. The molecule has 0 radical (unpaired) electrons. The second-order valence-corrected chi connectivity index (χ2v) is 5.72. The maximum absolute atomic E-state index is 6.30. The fourth-order valence-corrected chi connectivity index (χ4v) is 3.26. The van der Waals surface area contributed by atoms with Gasteiger partial charge in [-0.05, 0) is 42.0 Å². The molecule has 1 N–H and O–H groups in total. The molecule has 1 unspecified atom stereocenters. The van der Waals surface area contributed by atoms with Crippen molar-refractivity contribution in [2.45, 2.75) is 19.5 Å². The first-order valence-corrected chi connectivity index (χ1v) is 7.47. The molecule has 0 aliphatic rings. The number of nitrogens with zero attached hydrogens (tertiary/aromatic N) is 2. The van der Waals surface area contributed by atoms with Crippen LogP contribution in [-0.2, 0) is 6.54 Å². The molecule has 102 valence electrons. The van der Waals surface area contributed by atoms with Crippen LogP contribution >= 0.6 is 39.1 Å². The van der Waals surface area contributed by atoms with E-state index in [9.17, 15) is 0 Å². The van der Waals surface area contributed by atoms with E-state index in [-0.39, 0.29) is 6.04 Å². The minimum atomic E-state index is -0.113. The van der Waals surface area contributed by atoms with Gasteiger partial charge in [0.15, 0.2) is 0 Å². The van der Waals surface area contributed by atoms with Crippen molar-refractivity contribution in [3.05, 3.63) is 50.2 Å². The SMILES string of the molecule is CCn1ncc(Br)c1C(NC)c1c(Cl)cccc1Cl. The Bertz CT molecular complexity index is 563. The van der Waals surface area contributed by atoms with E-state index in [0.717, 1.165) is 22.3 Å². The molecular weight excluding hydrogens is 349 g/mol. The molecule has 0 fully saturated rings. The van der Waals surface area contributed by atoms with Crippen LogP contribution in [0.3, 0.4) is 0 Å². The average Bonchev–Trinajstić information content (AvgIpc) is 2.75. The third-order valence-electron chi connectivity index (χ3n) is 2.98. The summed E-state index contributed by atoms with van der Waals surface area (Å²) in [5.74, 6) is 0. The van der Waals surface area contributed by atoms with Crippen LogP contribution in [-0.4, -0.2) is 16.8 Å². The molecule has 19 heavy (non-hydrogen) atoms. The van der Waals surface area contributed by atoms with E-state index >= 15 is 0 Å². The molecule has 3 nitrogen and oxygen atoms in total. The van der Waals surface area contributed by atoms with Crippen LogP contribution in [0.4, 0.5) is 0 Å². The quantitative estimate of drug-likeness (QED) is 0.879. The average molecular weight is 363 g/mol. The van der Waals surface area contributed by atoms with Gasteiger partial charge in [-0.15, -0.1) is 0 Å². The van der Waals surface area contributed by atoms with Crippen LogP contribution < -0.4 is 5.32 Å². The third-order valence-corrected chi connectivity index (χ3v) is 4.25. The highest BCUT2D eigenvalue weighted by atomic mass is 79.9. The molecule has 0 aliphatic heterocycles. The van der Waals surface area contributed by atoms with Gasteiger partial charge in [-0.1, -0.05) is 29.3 Å². The van der Waals surface area contributed by atoms with Gasteiger partial charge in [-0.2, -0.15) is 5.10 Å². The van der Waals surface area contributed by atoms with Gasteiger partial charge in [-0.25, -0.2) is 0 Å². The van der Waals surface area contributed by atoms with E-state index in [1.807, 2.05) is 36.9 Å². The standard InChI is InChI=1S/C13H14BrCl2N3/c1-3-19-13(8(14)7-18-19)12(17-2)11-9(15)5-4-6-10(11)16/h4-7,12,17H,3H2,1-2H3. The monoisotopic (exact) mass is 361 g/mol. The van der Waals surface area contributed by atoms with Crippen molar-refractivity contribution in [3.8, 4) is 0 Å². The summed E-state index contributed by atoms with van der Waals surface area (Å²) in [7, 11) is 1.88. The molecule has 1 aromatic heterocycles. The van der Waals surface area contributed by atoms with Gasteiger partial charge in [0, 0.05) is 22.2 Å². The van der Waals surface area contributed by atoms with Gasteiger partial charge in [0.1, 0.15) is 0 Å². The number of benzene rings is 1. The number of halogens is 3. The molecule has 1 atom stereocenters. The minimum absolute atomic E-state index is 0.113. The number of rotatable bonds is 4. The number of nitrogens with one attached hydrogen (secondary N) is 1. The minimum Gasteiger partial charge on any atom is -0.308 e. The van der Waals surface area contributed by atoms with E-state index in [1.165, 1.54) is 0 Å². The first-order chi connectivity index (χ1) is 9.10. The van der Waals surface area contributed by atoms with Gasteiger partial charge < -0.3 is 5.32 Å². The van der Waals surface area contributed by atoms with Gasteiger partial charge in [0.25, 0.3) is 0 Å². The van der Waals surface area contributed by atoms with Crippen LogP contribution in [0, 0.1) is 0 Å². The Morgan fingerprint density at radius 2 is 2.00 bits per heavy atom. The Kier molecular flexibility index (Phi) is 4.90. The Labute approximate surface area is 131 Å². The summed E-state index contributed by atoms with van der Waals surface area (Å²) in [4.78, 5) is 0. The Balaban J connectivity index is 2.59. The second kappa shape index (κ2) is 6.27. The molecule has 1 aromatic carbocycles. The highest BCUT2D eigenvalue weighted by Gasteiger charge is 2.24. The first kappa shape index (κ1) is 14.9. The fraction of sp³-hybridized carbons (Fsp3) is 0.308. The lowest BCUT2D eigenvalue weighted by atomic mass is 10.0. The lowest BCUT2D eigenvalue weighted by Gasteiger charge is -2.21. The second-order valence-electron chi connectivity index (χ2n) is 4.05. The van der Waals surface area contributed by atoms with E-state index in [2.05, 4.69) is 26.3 Å². The van der Waals surface area contributed by atoms with E-state index in [4.69, 9.17) is 23.2 Å². The van der Waals surface area contributed by atoms with E-state index < -0.39 is 0 Å². The van der Waals surface area contributed by atoms with Crippen molar-refractivity contribution >= 4 is 39.1 Å². The zero-order valence-corrected chi connectivity index (χ0v) is 13.7. The number of aromatic nitrogens is 2. The summed E-state index contributed by atoms with van der Waals surface area (Å²) in [6, 6.07) is 5.41. The highest BCUT2D eigenvalue weighted by molar-refractivity contribution is 9.10. The summed E-state index contributed by atoms with van der Waals surface area (Å²) in [5, 5.41) is 8.87. The maximum atomic E-state index is 6.30. The van der Waals surface area contributed by atoms with Crippen LogP contribution in [0.25, 0.3) is 0 Å². The fourth-order valence-electron chi connectivity index (χ4n) is 2.12. The van der Waals surface area contributed by atoms with E-state index in [1.54, 1.807) is 6.20 Å². The molecule has 0 saturated carbocycles. The summed E-state index contributed by atoms with van der Waals surface area (Å²) in [6.07, 6.45) is 1.79. The van der Waals surface area contributed by atoms with Gasteiger partial charge in [0.05, 0.1) is 22.4 Å². The van der Waals surface area contributed by atoms with Gasteiger partial charge in [0.2, 0.25) is 0 Å². The van der Waals surface area contributed by atoms with Crippen molar-refractivity contribution in [2.24, 2.45) is 0 Å². The Morgan fingerprint density at radius 1 is 1.37 bits per heavy atom. The number of hydrogen-bond donors (Lipinski definition) is 1. The highest BCUT2D eigenvalue weighted by Crippen LogP contribution is 2.36. The molecule has 0 spiro atoms. The van der Waals surface area contributed by atoms with Crippen LogP contribution in [0.2, 0.25) is 10.0 Å². The van der Waals surface area contributed by atoms with Crippen molar-refractivity contribution in [3.63, 3.8) is 0 Å². The summed E-state index contributed by atoms with van der Waals surface area (Å²) in [5.41, 5.74) is 1.88. The molecule has 0 aliphatic carbocycles. The van der Waals surface area contributed by atoms with Gasteiger partial charge >= 0.3 is 0 Å². The summed E-state index contributed by atoms with van der Waals surface area (Å²) >= 11 is 16.1. The van der Waals surface area contributed by atoms with Crippen LogP contribution in [0.5, 0.6) is 0 Å². The lowest BCUT2D eigenvalue weighted by Crippen LogP contribution is -2.22. The number of aryl methyl sites for hydroxylation is 1. The molecule has 2 rings (SSSR count). The predicted molar refractivity (Wildman–Crippen MR) is 83.0 cm³/mol. The smallest absolute Gasteiger partial charge is 0.0786 e. The van der Waals surface area contributed by atoms with Crippen molar-refractivity contribution in [1.82, 2.24) is 15.1 Å². The zero-order chi connectivity index (χ0) is 14.0. The molecule has 2 aromatic rings. The molecule has 1 heterocycles. The third kappa shape index (κ3) is 2.82. The normalized spacial score (nSPS) is 12.7. The van der Waals surface area contributed by atoms with Crippen LogP contribution in [0.1, 0.15) is 24.2 Å².